The maximum atomic E-state index is 12.6. The lowest BCUT2D eigenvalue weighted by atomic mass is 9.79. The van der Waals surface area contributed by atoms with Gasteiger partial charge in [0.05, 0.1) is 19.1 Å². The molecule has 0 bridgehead atoms. The molecule has 0 aliphatic rings. The van der Waals surface area contributed by atoms with Gasteiger partial charge in [-0.15, -0.1) is 0 Å². The number of anilines is 1. The fraction of sp³-hybridized carbons (Fsp3) is 0.259. The van der Waals surface area contributed by atoms with Crippen LogP contribution in [0.5, 0.6) is 5.75 Å². The highest BCUT2D eigenvalue weighted by Gasteiger charge is 2.26. The molecule has 0 saturated carbocycles. The molecule has 1 aromatic heterocycles. The van der Waals surface area contributed by atoms with Crippen molar-refractivity contribution in [3.05, 3.63) is 87.2 Å². The smallest absolute Gasteiger partial charge is 0.332 e. The number of fused-ring (bicyclic) bond motifs is 1. The second-order valence-corrected chi connectivity index (χ2v) is 11.2. The van der Waals surface area contributed by atoms with Crippen molar-refractivity contribution in [2.24, 2.45) is 0 Å². The van der Waals surface area contributed by atoms with Crippen molar-refractivity contribution >= 4 is 26.5 Å². The highest BCUT2D eigenvalue weighted by molar-refractivity contribution is 7.92. The highest BCUT2D eigenvalue weighted by Crippen LogP contribution is 2.43. The van der Waals surface area contributed by atoms with Crippen LogP contribution in [0.1, 0.15) is 32.8 Å². The van der Waals surface area contributed by atoms with Crippen LogP contribution in [0, 0.1) is 0 Å². The third-order valence-corrected chi connectivity index (χ3v) is 7.05. The topological polar surface area (TPSA) is 110 Å². The van der Waals surface area contributed by atoms with Gasteiger partial charge in [0, 0.05) is 29.1 Å². The maximum Gasteiger partial charge on any atom is 0.332 e. The molecule has 2 N–H and O–H groups in total. The normalized spacial score (nSPS) is 12.0. The lowest BCUT2D eigenvalue weighted by Crippen LogP contribution is -2.28. The predicted octanol–water partition coefficient (Wildman–Crippen LogP) is 4.41. The number of benzene rings is 3. The zero-order valence-electron chi connectivity index (χ0n) is 20.9. The molecule has 3 aromatic carbocycles. The van der Waals surface area contributed by atoms with Crippen LogP contribution < -0.4 is 20.7 Å². The van der Waals surface area contributed by atoms with Crippen LogP contribution >= 0.6 is 0 Å². The predicted molar refractivity (Wildman–Crippen MR) is 144 cm³/mol. The highest BCUT2D eigenvalue weighted by atomic mass is 32.2. The van der Waals surface area contributed by atoms with Gasteiger partial charge in [0.15, 0.2) is 0 Å². The van der Waals surface area contributed by atoms with Crippen molar-refractivity contribution in [1.82, 2.24) is 9.55 Å². The summed E-state index contributed by atoms with van der Waals surface area (Å²) in [4.78, 5) is 26.6. The van der Waals surface area contributed by atoms with E-state index in [1.807, 2.05) is 36.4 Å². The first-order valence-electron chi connectivity index (χ1n) is 11.5. The van der Waals surface area contributed by atoms with Gasteiger partial charge in [-0.25, -0.2) is 13.2 Å². The van der Waals surface area contributed by atoms with Crippen molar-refractivity contribution < 1.29 is 13.2 Å². The average Bonchev–Trinajstić information content (AvgIpc) is 2.82. The fourth-order valence-electron chi connectivity index (χ4n) is 4.19. The van der Waals surface area contributed by atoms with Crippen LogP contribution in [0.3, 0.4) is 0 Å². The van der Waals surface area contributed by atoms with Gasteiger partial charge in [-0.2, -0.15) is 0 Å². The summed E-state index contributed by atoms with van der Waals surface area (Å²) in [6, 6.07) is 16.3. The zero-order valence-corrected chi connectivity index (χ0v) is 21.7. The van der Waals surface area contributed by atoms with E-state index < -0.39 is 21.3 Å². The largest absolute Gasteiger partial charge is 0.496 e. The molecular weight excluding hydrogens is 478 g/mol. The summed E-state index contributed by atoms with van der Waals surface area (Å²) in [6.45, 7) is 6.33. The Labute approximate surface area is 209 Å². The second-order valence-electron chi connectivity index (χ2n) is 9.44. The standard InChI is InChI=1S/C27H29N3O5S/c1-6-27(2,3)23-16-21(30-12-11-24(31)28-26(30)32)15-22(25(23)35-4)19-8-7-18-14-20(29-36(5,33)34)10-9-17(18)13-19/h7-16,29H,6H2,1-5H3,(H,28,31,32). The molecule has 0 aliphatic heterocycles. The Hall–Kier alpha value is -3.85. The van der Waals surface area contributed by atoms with Crippen molar-refractivity contribution in [1.29, 1.82) is 0 Å². The Bertz CT molecular complexity index is 1680. The number of hydrogen-bond donors (Lipinski definition) is 2. The minimum Gasteiger partial charge on any atom is -0.496 e. The van der Waals surface area contributed by atoms with E-state index in [4.69, 9.17) is 4.74 Å². The quantitative estimate of drug-likeness (QED) is 0.385. The molecule has 0 amide bonds. The van der Waals surface area contributed by atoms with E-state index in [2.05, 4.69) is 30.5 Å². The molecule has 0 unspecified atom stereocenters. The third-order valence-electron chi connectivity index (χ3n) is 6.45. The van der Waals surface area contributed by atoms with Crippen LogP contribution in [-0.4, -0.2) is 31.3 Å². The van der Waals surface area contributed by atoms with Gasteiger partial charge < -0.3 is 4.74 Å². The van der Waals surface area contributed by atoms with Crippen LogP contribution in [0.15, 0.2) is 70.4 Å². The van der Waals surface area contributed by atoms with E-state index >= 15 is 0 Å². The number of nitrogens with one attached hydrogen (secondary N) is 2. The zero-order chi connectivity index (χ0) is 26.3. The van der Waals surface area contributed by atoms with Crippen LogP contribution in [0.2, 0.25) is 0 Å². The van der Waals surface area contributed by atoms with E-state index in [0.717, 1.165) is 40.1 Å². The number of aromatic amines is 1. The number of methoxy groups -OCH3 is 1. The number of nitrogens with zero attached hydrogens (tertiary/aromatic N) is 1. The first-order chi connectivity index (χ1) is 16.9. The van der Waals surface area contributed by atoms with Gasteiger partial charge in [0.1, 0.15) is 5.75 Å². The Balaban J connectivity index is 1.96. The number of H-pyrrole nitrogens is 1. The fourth-order valence-corrected chi connectivity index (χ4v) is 4.75. The number of rotatable bonds is 7. The number of sulfonamides is 1. The molecule has 188 valence electrons. The van der Waals surface area contributed by atoms with E-state index in [1.165, 1.54) is 16.8 Å². The molecule has 0 fully saturated rings. The third kappa shape index (κ3) is 5.06. The molecule has 0 saturated heterocycles. The van der Waals surface area contributed by atoms with Gasteiger partial charge >= 0.3 is 5.69 Å². The molecule has 36 heavy (non-hydrogen) atoms. The Morgan fingerprint density at radius 3 is 2.33 bits per heavy atom. The summed E-state index contributed by atoms with van der Waals surface area (Å²) in [5.41, 5.74) is 2.46. The Morgan fingerprint density at radius 2 is 1.69 bits per heavy atom. The Kier molecular flexibility index (Phi) is 6.53. The lowest BCUT2D eigenvalue weighted by Gasteiger charge is -2.28. The van der Waals surface area contributed by atoms with E-state index in [-0.39, 0.29) is 5.41 Å². The van der Waals surface area contributed by atoms with Gasteiger partial charge in [-0.05, 0) is 58.5 Å². The van der Waals surface area contributed by atoms with Crippen LogP contribution in [0.25, 0.3) is 27.6 Å². The molecular formula is C27H29N3O5S. The van der Waals surface area contributed by atoms with Crippen molar-refractivity contribution in [2.75, 3.05) is 18.1 Å². The summed E-state index contributed by atoms with van der Waals surface area (Å²) < 4.78 is 33.0. The molecule has 8 nitrogen and oxygen atoms in total. The van der Waals surface area contributed by atoms with E-state index in [1.54, 1.807) is 19.2 Å². The monoisotopic (exact) mass is 507 g/mol. The van der Waals surface area contributed by atoms with Crippen molar-refractivity contribution in [2.45, 2.75) is 32.6 Å². The summed E-state index contributed by atoms with van der Waals surface area (Å²) in [5.74, 6) is 0.706. The number of aromatic nitrogens is 2. The van der Waals surface area contributed by atoms with Crippen molar-refractivity contribution in [3.63, 3.8) is 0 Å². The molecule has 1 heterocycles. The van der Waals surface area contributed by atoms with Crippen molar-refractivity contribution in [3.8, 4) is 22.6 Å². The average molecular weight is 508 g/mol. The summed E-state index contributed by atoms with van der Waals surface area (Å²) in [5, 5.41) is 1.78. The van der Waals surface area contributed by atoms with Crippen LogP contribution in [0.4, 0.5) is 5.69 Å². The van der Waals surface area contributed by atoms with Gasteiger partial charge in [-0.3, -0.25) is 19.1 Å². The van der Waals surface area contributed by atoms with E-state index in [0.29, 0.717) is 17.1 Å². The molecule has 0 radical (unpaired) electrons. The summed E-state index contributed by atoms with van der Waals surface area (Å²) in [6.07, 6.45) is 3.41. The molecule has 0 aliphatic carbocycles. The lowest BCUT2D eigenvalue weighted by molar-refractivity contribution is 0.390. The van der Waals surface area contributed by atoms with Gasteiger partial charge in [0.25, 0.3) is 5.56 Å². The number of hydrogen-bond acceptors (Lipinski definition) is 5. The maximum absolute atomic E-state index is 12.6. The molecule has 4 rings (SSSR count). The first kappa shape index (κ1) is 25.2. The van der Waals surface area contributed by atoms with Crippen LogP contribution in [-0.2, 0) is 15.4 Å². The molecule has 9 heteroatoms. The summed E-state index contributed by atoms with van der Waals surface area (Å²) >= 11 is 0. The molecule has 4 aromatic rings. The Morgan fingerprint density at radius 1 is 1.00 bits per heavy atom. The van der Waals surface area contributed by atoms with Gasteiger partial charge in [0.2, 0.25) is 10.0 Å². The second kappa shape index (κ2) is 9.31. The number of ether oxygens (including phenoxy) is 1. The molecule has 0 spiro atoms. The first-order valence-corrected chi connectivity index (χ1v) is 13.4. The molecule has 0 atom stereocenters. The minimum absolute atomic E-state index is 0.259. The SMILES string of the molecule is CCC(C)(C)c1cc(-n2ccc(=O)[nH]c2=O)cc(-c2ccc3cc(NS(C)(=O)=O)ccc3c2)c1OC. The minimum atomic E-state index is -3.38. The van der Waals surface area contributed by atoms with E-state index in [9.17, 15) is 18.0 Å². The summed E-state index contributed by atoms with van der Waals surface area (Å²) in [7, 11) is -1.75. The van der Waals surface area contributed by atoms with Gasteiger partial charge in [-0.1, -0.05) is 39.0 Å².